The first-order valence-electron chi connectivity index (χ1n) is 7.96. The van der Waals surface area contributed by atoms with Crippen LogP contribution in [0.3, 0.4) is 0 Å². The van der Waals surface area contributed by atoms with Crippen molar-refractivity contribution in [3.8, 4) is 0 Å². The summed E-state index contributed by atoms with van der Waals surface area (Å²) in [5, 5.41) is 18.4. The summed E-state index contributed by atoms with van der Waals surface area (Å²) in [5.41, 5.74) is 3.25. The van der Waals surface area contributed by atoms with Gasteiger partial charge in [-0.15, -0.1) is 0 Å². The molecule has 0 bridgehead atoms. The summed E-state index contributed by atoms with van der Waals surface area (Å²) in [6, 6.07) is 6.17. The van der Waals surface area contributed by atoms with E-state index in [9.17, 15) is 14.9 Å². The maximum absolute atomic E-state index is 12.4. The van der Waals surface area contributed by atoms with Crippen molar-refractivity contribution in [3.05, 3.63) is 51.3 Å². The number of nitro groups is 1. The van der Waals surface area contributed by atoms with E-state index in [-0.39, 0.29) is 24.2 Å². The Morgan fingerprint density at radius 2 is 2.04 bits per heavy atom. The van der Waals surface area contributed by atoms with Gasteiger partial charge in [0, 0.05) is 31.4 Å². The predicted molar refractivity (Wildman–Crippen MR) is 95.6 cm³/mol. The number of rotatable bonds is 6. The van der Waals surface area contributed by atoms with Crippen molar-refractivity contribution in [1.29, 1.82) is 0 Å². The fraction of sp³-hybridized carbons (Fsp3) is 0.412. The van der Waals surface area contributed by atoms with Gasteiger partial charge in [0.15, 0.2) is 0 Å². The molecule has 0 saturated carbocycles. The maximum atomic E-state index is 12.4. The van der Waals surface area contributed by atoms with Crippen molar-refractivity contribution in [2.24, 2.45) is 7.05 Å². The second-order valence-electron chi connectivity index (χ2n) is 6.10. The number of hydrogen-bond donors (Lipinski definition) is 1. The number of nitrogens with one attached hydrogen (secondary N) is 1. The van der Waals surface area contributed by atoms with E-state index in [1.165, 1.54) is 6.07 Å². The number of aryl methyl sites for hydroxylation is 2. The number of carbonyl (C=O) groups is 1. The summed E-state index contributed by atoms with van der Waals surface area (Å²) in [7, 11) is 3.52. The Labute approximate surface area is 146 Å². The van der Waals surface area contributed by atoms with Crippen molar-refractivity contribution >= 4 is 17.3 Å². The van der Waals surface area contributed by atoms with E-state index in [2.05, 4.69) is 10.4 Å². The van der Waals surface area contributed by atoms with Crippen LogP contribution in [0.4, 0.5) is 11.4 Å². The van der Waals surface area contributed by atoms with Gasteiger partial charge in [-0.3, -0.25) is 19.6 Å². The number of hydrogen-bond acceptors (Lipinski definition) is 5. The topological polar surface area (TPSA) is 93.3 Å². The molecule has 0 aliphatic carbocycles. The minimum absolute atomic E-state index is 0.0214. The molecule has 1 N–H and O–H groups in total. The number of nitro benzene ring substituents is 1. The summed E-state index contributed by atoms with van der Waals surface area (Å²) in [5.74, 6) is -0.212. The number of anilines is 1. The van der Waals surface area contributed by atoms with Gasteiger partial charge in [0.1, 0.15) is 5.69 Å². The second kappa shape index (κ2) is 7.33. The zero-order chi connectivity index (χ0) is 18.7. The molecule has 1 heterocycles. The SMILES string of the molecule is Cc1nn(C)c(C)c1C(C)NC(=O)CN(C)c1ccccc1[N+](=O)[O-]. The Kier molecular flexibility index (Phi) is 5.41. The van der Waals surface area contributed by atoms with E-state index in [4.69, 9.17) is 0 Å². The van der Waals surface area contributed by atoms with Crippen LogP contribution in [0.15, 0.2) is 24.3 Å². The largest absolute Gasteiger partial charge is 0.360 e. The summed E-state index contributed by atoms with van der Waals surface area (Å²) in [6.45, 7) is 5.79. The lowest BCUT2D eigenvalue weighted by molar-refractivity contribution is -0.384. The molecule has 2 rings (SSSR count). The molecule has 0 fully saturated rings. The number of aromatic nitrogens is 2. The quantitative estimate of drug-likeness (QED) is 0.640. The van der Waals surface area contributed by atoms with Gasteiger partial charge in [-0.2, -0.15) is 5.10 Å². The van der Waals surface area contributed by atoms with E-state index in [1.54, 1.807) is 34.8 Å². The molecular formula is C17H23N5O3. The Balaban J connectivity index is 2.09. The van der Waals surface area contributed by atoms with E-state index in [0.29, 0.717) is 5.69 Å². The first-order chi connectivity index (χ1) is 11.7. The fourth-order valence-corrected chi connectivity index (χ4v) is 3.02. The van der Waals surface area contributed by atoms with Gasteiger partial charge in [0.05, 0.1) is 23.2 Å². The molecule has 0 spiro atoms. The zero-order valence-corrected chi connectivity index (χ0v) is 15.1. The van der Waals surface area contributed by atoms with Gasteiger partial charge >= 0.3 is 0 Å². The molecule has 25 heavy (non-hydrogen) atoms. The van der Waals surface area contributed by atoms with E-state index >= 15 is 0 Å². The summed E-state index contributed by atoms with van der Waals surface area (Å²) >= 11 is 0. The van der Waals surface area contributed by atoms with Crippen molar-refractivity contribution in [2.75, 3.05) is 18.5 Å². The molecule has 1 aromatic carbocycles. The highest BCUT2D eigenvalue weighted by molar-refractivity contribution is 5.82. The number of benzene rings is 1. The molecule has 134 valence electrons. The van der Waals surface area contributed by atoms with Gasteiger partial charge in [-0.25, -0.2) is 0 Å². The van der Waals surface area contributed by atoms with Crippen molar-refractivity contribution < 1.29 is 9.72 Å². The lowest BCUT2D eigenvalue weighted by Gasteiger charge is -2.21. The molecule has 0 aliphatic rings. The Bertz CT molecular complexity index is 800. The average Bonchev–Trinajstić information content (AvgIpc) is 2.79. The Morgan fingerprint density at radius 1 is 1.40 bits per heavy atom. The molecule has 0 aliphatic heterocycles. The van der Waals surface area contributed by atoms with Crippen LogP contribution >= 0.6 is 0 Å². The van der Waals surface area contributed by atoms with E-state index < -0.39 is 4.92 Å². The monoisotopic (exact) mass is 345 g/mol. The number of likely N-dealkylation sites (N-methyl/N-ethyl adjacent to an activating group) is 1. The third kappa shape index (κ3) is 3.96. The number of carbonyl (C=O) groups excluding carboxylic acids is 1. The molecular weight excluding hydrogens is 322 g/mol. The third-order valence-corrected chi connectivity index (χ3v) is 4.25. The fourth-order valence-electron chi connectivity index (χ4n) is 3.02. The lowest BCUT2D eigenvalue weighted by Crippen LogP contribution is -2.37. The van der Waals surface area contributed by atoms with Crippen LogP contribution < -0.4 is 10.2 Å². The third-order valence-electron chi connectivity index (χ3n) is 4.25. The molecule has 2 aromatic rings. The number of para-hydroxylation sites is 2. The van der Waals surface area contributed by atoms with Gasteiger partial charge < -0.3 is 10.2 Å². The summed E-state index contributed by atoms with van der Waals surface area (Å²) in [6.07, 6.45) is 0. The minimum Gasteiger partial charge on any atom is -0.360 e. The Morgan fingerprint density at radius 3 is 2.60 bits per heavy atom. The minimum atomic E-state index is -0.450. The molecule has 1 unspecified atom stereocenters. The van der Waals surface area contributed by atoms with Crippen LogP contribution in [0.25, 0.3) is 0 Å². The van der Waals surface area contributed by atoms with Gasteiger partial charge in [0.25, 0.3) is 5.69 Å². The smallest absolute Gasteiger partial charge is 0.292 e. The van der Waals surface area contributed by atoms with Gasteiger partial charge in [-0.05, 0) is 26.8 Å². The Hall–Kier alpha value is -2.90. The zero-order valence-electron chi connectivity index (χ0n) is 15.1. The summed E-state index contributed by atoms with van der Waals surface area (Å²) < 4.78 is 1.78. The summed E-state index contributed by atoms with van der Waals surface area (Å²) in [4.78, 5) is 24.6. The van der Waals surface area contributed by atoms with E-state index in [0.717, 1.165) is 17.0 Å². The normalized spacial score (nSPS) is 11.9. The van der Waals surface area contributed by atoms with E-state index in [1.807, 2.05) is 27.8 Å². The standard InChI is InChI=1S/C17H23N5O3/c1-11(17-12(2)19-21(5)13(17)3)18-16(23)10-20(4)14-8-6-7-9-15(14)22(24)25/h6-9,11H,10H2,1-5H3,(H,18,23). The molecule has 8 nitrogen and oxygen atoms in total. The highest BCUT2D eigenvalue weighted by atomic mass is 16.6. The predicted octanol–water partition coefficient (Wildman–Crippen LogP) is 2.26. The molecule has 1 atom stereocenters. The van der Waals surface area contributed by atoms with Gasteiger partial charge in [0.2, 0.25) is 5.91 Å². The molecule has 1 amide bonds. The van der Waals surface area contributed by atoms with Crippen LogP contribution in [0.2, 0.25) is 0 Å². The second-order valence-corrected chi connectivity index (χ2v) is 6.10. The van der Waals surface area contributed by atoms with Crippen LogP contribution in [0.1, 0.15) is 29.9 Å². The average molecular weight is 345 g/mol. The highest BCUT2D eigenvalue weighted by Crippen LogP contribution is 2.26. The molecule has 0 saturated heterocycles. The molecule has 1 aromatic heterocycles. The van der Waals surface area contributed by atoms with Crippen LogP contribution in [0, 0.1) is 24.0 Å². The number of amides is 1. The van der Waals surface area contributed by atoms with Crippen LogP contribution in [0.5, 0.6) is 0 Å². The highest BCUT2D eigenvalue weighted by Gasteiger charge is 2.21. The maximum Gasteiger partial charge on any atom is 0.292 e. The first kappa shape index (κ1) is 18.4. The number of nitrogens with zero attached hydrogens (tertiary/aromatic N) is 4. The van der Waals surface area contributed by atoms with Crippen LogP contribution in [-0.2, 0) is 11.8 Å². The molecule has 8 heteroatoms. The lowest BCUT2D eigenvalue weighted by atomic mass is 10.1. The van der Waals surface area contributed by atoms with Crippen molar-refractivity contribution in [2.45, 2.75) is 26.8 Å². The van der Waals surface area contributed by atoms with Crippen molar-refractivity contribution in [1.82, 2.24) is 15.1 Å². The first-order valence-corrected chi connectivity index (χ1v) is 7.96. The molecule has 0 radical (unpaired) electrons. The van der Waals surface area contributed by atoms with Gasteiger partial charge in [-0.1, -0.05) is 12.1 Å². The van der Waals surface area contributed by atoms with Crippen LogP contribution in [-0.4, -0.2) is 34.2 Å². The van der Waals surface area contributed by atoms with Crippen molar-refractivity contribution in [3.63, 3.8) is 0 Å².